The number of aromatic nitrogens is 4. The van der Waals surface area contributed by atoms with E-state index in [0.717, 1.165) is 11.4 Å². The Morgan fingerprint density at radius 3 is 2.81 bits per heavy atom. The van der Waals surface area contributed by atoms with Crippen LogP contribution >= 0.6 is 11.6 Å². The van der Waals surface area contributed by atoms with Crippen LogP contribution in [0.2, 0.25) is 0 Å². The molecule has 0 atom stereocenters. The monoisotopic (exact) mass is 238 g/mol. The molecule has 2 aromatic rings. The molecule has 5 nitrogen and oxygen atoms in total. The molecule has 0 radical (unpaired) electrons. The van der Waals surface area contributed by atoms with Crippen LogP contribution in [0.3, 0.4) is 0 Å². The van der Waals surface area contributed by atoms with E-state index < -0.39 is 0 Å². The van der Waals surface area contributed by atoms with Crippen molar-refractivity contribution in [2.24, 2.45) is 7.05 Å². The summed E-state index contributed by atoms with van der Waals surface area (Å²) in [6.45, 7) is 0.385. The van der Waals surface area contributed by atoms with Gasteiger partial charge in [-0.25, -0.2) is 0 Å². The van der Waals surface area contributed by atoms with Gasteiger partial charge in [-0.3, -0.25) is 9.67 Å². The highest BCUT2D eigenvalue weighted by Crippen LogP contribution is 2.11. The van der Waals surface area contributed by atoms with Crippen LogP contribution in [0.4, 0.5) is 0 Å². The molecule has 0 aliphatic carbocycles. The summed E-state index contributed by atoms with van der Waals surface area (Å²) < 4.78 is 7.12. The number of nitrogens with zero attached hydrogens (tertiary/aromatic N) is 4. The maximum absolute atomic E-state index is 5.63. The normalized spacial score (nSPS) is 10.4. The SMILES string of the molecule is Cn1cc(COc2ccc(CCl)nc2)nn1. The van der Waals surface area contributed by atoms with Crippen LogP contribution in [0, 0.1) is 0 Å². The van der Waals surface area contributed by atoms with E-state index >= 15 is 0 Å². The van der Waals surface area contributed by atoms with Crippen LogP contribution in [0.1, 0.15) is 11.4 Å². The van der Waals surface area contributed by atoms with E-state index in [-0.39, 0.29) is 0 Å². The van der Waals surface area contributed by atoms with Crippen LogP contribution in [0.5, 0.6) is 5.75 Å². The van der Waals surface area contributed by atoms with Gasteiger partial charge in [0.2, 0.25) is 0 Å². The zero-order valence-corrected chi connectivity index (χ0v) is 9.55. The summed E-state index contributed by atoms with van der Waals surface area (Å²) in [5.74, 6) is 1.10. The minimum Gasteiger partial charge on any atom is -0.486 e. The Bertz CT molecular complexity index is 454. The molecule has 0 aliphatic rings. The Balaban J connectivity index is 1.94. The molecule has 0 unspecified atom stereocenters. The van der Waals surface area contributed by atoms with Crippen molar-refractivity contribution in [2.75, 3.05) is 0 Å². The van der Waals surface area contributed by atoms with Crippen molar-refractivity contribution >= 4 is 11.6 Å². The largest absolute Gasteiger partial charge is 0.486 e. The molecule has 6 heteroatoms. The van der Waals surface area contributed by atoms with Gasteiger partial charge in [0.05, 0.1) is 24.0 Å². The molecule has 2 rings (SSSR count). The van der Waals surface area contributed by atoms with Gasteiger partial charge in [-0.1, -0.05) is 5.21 Å². The molecular formula is C10H11ClN4O. The van der Waals surface area contributed by atoms with Gasteiger partial charge in [0.15, 0.2) is 0 Å². The number of alkyl halides is 1. The molecule has 0 saturated carbocycles. The van der Waals surface area contributed by atoms with E-state index in [4.69, 9.17) is 16.3 Å². The number of ether oxygens (including phenoxy) is 1. The lowest BCUT2D eigenvalue weighted by atomic mass is 10.4. The highest BCUT2D eigenvalue weighted by Gasteiger charge is 2.00. The summed E-state index contributed by atoms with van der Waals surface area (Å²) in [5, 5.41) is 7.72. The summed E-state index contributed by atoms with van der Waals surface area (Å²) in [7, 11) is 1.81. The Morgan fingerprint density at radius 1 is 1.38 bits per heavy atom. The molecule has 0 N–H and O–H groups in total. The fraction of sp³-hybridized carbons (Fsp3) is 0.300. The number of halogens is 1. The number of rotatable bonds is 4. The van der Waals surface area contributed by atoms with Crippen LogP contribution in [-0.4, -0.2) is 20.0 Å². The summed E-state index contributed by atoms with van der Waals surface area (Å²) in [6.07, 6.45) is 3.45. The first-order valence-corrected chi connectivity index (χ1v) is 5.30. The number of hydrogen-bond donors (Lipinski definition) is 0. The average Bonchev–Trinajstić information content (AvgIpc) is 2.73. The van der Waals surface area contributed by atoms with Gasteiger partial charge in [0.1, 0.15) is 18.1 Å². The Hall–Kier alpha value is -1.62. The molecule has 2 heterocycles. The van der Waals surface area contributed by atoms with Crippen molar-refractivity contribution in [1.82, 2.24) is 20.0 Å². The molecule has 0 aromatic carbocycles. The fourth-order valence-corrected chi connectivity index (χ4v) is 1.35. The van der Waals surface area contributed by atoms with Gasteiger partial charge in [0.25, 0.3) is 0 Å². The van der Waals surface area contributed by atoms with E-state index in [2.05, 4.69) is 15.3 Å². The van der Waals surface area contributed by atoms with Gasteiger partial charge in [-0.05, 0) is 12.1 Å². The number of pyridine rings is 1. The molecule has 0 spiro atoms. The standard InChI is InChI=1S/C10H11ClN4O/c1-15-6-9(13-14-15)7-16-10-3-2-8(4-11)12-5-10/h2-3,5-6H,4,7H2,1H3. The second-order valence-corrected chi connectivity index (χ2v) is 3.56. The summed E-state index contributed by atoms with van der Waals surface area (Å²) in [4.78, 5) is 4.12. The third-order valence-corrected chi connectivity index (χ3v) is 2.25. The molecule has 2 aromatic heterocycles. The van der Waals surface area contributed by atoms with Gasteiger partial charge in [-0.2, -0.15) is 0 Å². The molecule has 0 bridgehead atoms. The fourth-order valence-electron chi connectivity index (χ4n) is 1.19. The molecule has 84 valence electrons. The summed E-state index contributed by atoms with van der Waals surface area (Å²) >= 11 is 5.63. The smallest absolute Gasteiger partial charge is 0.138 e. The van der Waals surface area contributed by atoms with E-state index in [9.17, 15) is 0 Å². The molecular weight excluding hydrogens is 228 g/mol. The Labute approximate surface area is 98.0 Å². The van der Waals surface area contributed by atoms with Crippen LogP contribution in [-0.2, 0) is 19.5 Å². The zero-order valence-electron chi connectivity index (χ0n) is 8.80. The lowest BCUT2D eigenvalue weighted by Crippen LogP contribution is -1.96. The highest BCUT2D eigenvalue weighted by atomic mass is 35.5. The lowest BCUT2D eigenvalue weighted by Gasteiger charge is -2.03. The van der Waals surface area contributed by atoms with Crippen molar-refractivity contribution in [3.63, 3.8) is 0 Å². The quantitative estimate of drug-likeness (QED) is 0.758. The van der Waals surface area contributed by atoms with E-state index in [0.29, 0.717) is 18.2 Å². The topological polar surface area (TPSA) is 52.8 Å². The third kappa shape index (κ3) is 2.70. The number of hydrogen-bond acceptors (Lipinski definition) is 4. The maximum Gasteiger partial charge on any atom is 0.138 e. The van der Waals surface area contributed by atoms with Crippen LogP contribution < -0.4 is 4.74 Å². The van der Waals surface area contributed by atoms with Gasteiger partial charge >= 0.3 is 0 Å². The second-order valence-electron chi connectivity index (χ2n) is 3.29. The first-order valence-electron chi connectivity index (χ1n) is 4.77. The van der Waals surface area contributed by atoms with Crippen molar-refractivity contribution in [3.05, 3.63) is 35.9 Å². The predicted octanol–water partition coefficient (Wildman–Crippen LogP) is 1.53. The summed E-state index contributed by atoms with van der Waals surface area (Å²) in [6, 6.07) is 3.67. The van der Waals surface area contributed by atoms with Gasteiger partial charge < -0.3 is 4.74 Å². The molecule has 0 saturated heterocycles. The number of aryl methyl sites for hydroxylation is 1. The summed E-state index contributed by atoms with van der Waals surface area (Å²) in [5.41, 5.74) is 1.61. The molecule has 0 aliphatic heterocycles. The Kier molecular flexibility index (Phi) is 3.36. The minimum atomic E-state index is 0.385. The molecule has 0 amide bonds. The van der Waals surface area contributed by atoms with E-state index in [1.807, 2.05) is 19.2 Å². The lowest BCUT2D eigenvalue weighted by molar-refractivity contribution is 0.300. The first kappa shape index (κ1) is 10.9. The second kappa shape index (κ2) is 4.94. The van der Waals surface area contributed by atoms with E-state index in [1.165, 1.54) is 0 Å². The van der Waals surface area contributed by atoms with Crippen molar-refractivity contribution in [3.8, 4) is 5.75 Å². The first-order chi connectivity index (χ1) is 7.78. The van der Waals surface area contributed by atoms with Crippen LogP contribution in [0.15, 0.2) is 24.5 Å². The van der Waals surface area contributed by atoms with Gasteiger partial charge in [-0.15, -0.1) is 16.7 Å². The molecule has 0 fully saturated rings. The van der Waals surface area contributed by atoms with Crippen molar-refractivity contribution < 1.29 is 4.74 Å². The van der Waals surface area contributed by atoms with Crippen LogP contribution in [0.25, 0.3) is 0 Å². The predicted molar refractivity (Wildman–Crippen MR) is 59.1 cm³/mol. The minimum absolute atomic E-state index is 0.385. The van der Waals surface area contributed by atoms with E-state index in [1.54, 1.807) is 17.1 Å². The van der Waals surface area contributed by atoms with Crippen molar-refractivity contribution in [2.45, 2.75) is 12.5 Å². The Morgan fingerprint density at radius 2 is 2.25 bits per heavy atom. The zero-order chi connectivity index (χ0) is 11.4. The van der Waals surface area contributed by atoms with Crippen molar-refractivity contribution in [1.29, 1.82) is 0 Å². The third-order valence-electron chi connectivity index (χ3n) is 1.97. The van der Waals surface area contributed by atoms with Gasteiger partial charge in [0, 0.05) is 7.05 Å². The highest BCUT2D eigenvalue weighted by molar-refractivity contribution is 6.16. The maximum atomic E-state index is 5.63. The average molecular weight is 239 g/mol. The molecule has 16 heavy (non-hydrogen) atoms.